The number of hydrogen-bond acceptors (Lipinski definition) is 6. The van der Waals surface area contributed by atoms with E-state index in [-0.39, 0.29) is 11.5 Å². The summed E-state index contributed by atoms with van der Waals surface area (Å²) in [6.07, 6.45) is 5.27. The largest absolute Gasteiger partial charge is 0.383 e. The number of anilines is 2. The van der Waals surface area contributed by atoms with Crippen LogP contribution in [0.2, 0.25) is 5.02 Å². The highest BCUT2D eigenvalue weighted by molar-refractivity contribution is 6.35. The summed E-state index contributed by atoms with van der Waals surface area (Å²) in [4.78, 5) is 4.41. The van der Waals surface area contributed by atoms with Crippen LogP contribution in [-0.4, -0.2) is 32.4 Å². The Bertz CT molecular complexity index is 1530. The normalized spacial score (nSPS) is 15.6. The lowest BCUT2D eigenvalue weighted by Gasteiger charge is -2.24. The van der Waals surface area contributed by atoms with Gasteiger partial charge in [0.15, 0.2) is 0 Å². The third-order valence-corrected chi connectivity index (χ3v) is 7.25. The molecule has 0 aliphatic heterocycles. The molecule has 7 nitrogen and oxygen atoms in total. The maximum Gasteiger partial charge on any atom is 0.123 e. The Labute approximate surface area is 226 Å². The van der Waals surface area contributed by atoms with Crippen molar-refractivity contribution in [3.8, 4) is 6.07 Å². The molecular weight excluding hydrogens is 512 g/mol. The average Bonchev–Trinajstić information content (AvgIpc) is 3.63. The number of aromatic nitrogens is 4. The van der Waals surface area contributed by atoms with Crippen molar-refractivity contribution in [1.29, 1.82) is 5.26 Å². The summed E-state index contributed by atoms with van der Waals surface area (Å²) in [5.74, 6) is 0.0242. The number of alkyl halides is 1. The SMILES string of the molecule is [2H][C@@](Nc1cc(Cl)c2ncc(C#N)c(NCC(C)(C)CCl)c2c1)(c1ccc(F)cc1)c1cn(C2CC2)nn1. The molecule has 1 aliphatic rings. The fraction of sp³-hybridized carbons (Fsp3) is 0.333. The van der Waals surface area contributed by atoms with Crippen molar-refractivity contribution >= 4 is 45.5 Å². The first kappa shape index (κ1) is 24.0. The summed E-state index contributed by atoms with van der Waals surface area (Å²) in [5, 5.41) is 25.9. The molecule has 2 aromatic carbocycles. The predicted molar refractivity (Wildman–Crippen MR) is 145 cm³/mol. The highest BCUT2D eigenvalue weighted by Gasteiger charge is 2.27. The van der Waals surface area contributed by atoms with Crippen molar-refractivity contribution in [1.82, 2.24) is 20.0 Å². The molecule has 5 rings (SSSR count). The van der Waals surface area contributed by atoms with Crippen LogP contribution in [0.4, 0.5) is 15.8 Å². The van der Waals surface area contributed by atoms with E-state index in [2.05, 4.69) is 32.0 Å². The number of nitrogens with one attached hydrogen (secondary N) is 2. The Morgan fingerprint density at radius 2 is 2.05 bits per heavy atom. The number of nitrogens with zero attached hydrogens (tertiary/aromatic N) is 5. The van der Waals surface area contributed by atoms with Crippen LogP contribution >= 0.6 is 23.2 Å². The van der Waals surface area contributed by atoms with Crippen molar-refractivity contribution in [3.63, 3.8) is 0 Å². The Morgan fingerprint density at radius 1 is 1.30 bits per heavy atom. The van der Waals surface area contributed by atoms with Gasteiger partial charge in [-0.05, 0) is 48.1 Å². The molecule has 190 valence electrons. The standard InChI is InChI=1S/C27H26Cl2FN7/c1-27(2,14-28)15-33-24-17(11-31)12-32-26-21(24)9-19(10-22(26)29)34-25(16-3-5-18(30)6-4-16)23-13-37(36-35-23)20-7-8-20/h3-6,9-10,12-13,20,25,34H,7-8,14-15H2,1-2H3,(H,32,33)/t25-/m1/s1/i25D. The second-order valence-electron chi connectivity index (χ2n) is 9.99. The van der Waals surface area contributed by atoms with E-state index >= 15 is 0 Å². The lowest BCUT2D eigenvalue weighted by atomic mass is 9.96. The van der Waals surface area contributed by atoms with E-state index in [1.54, 1.807) is 35.1 Å². The van der Waals surface area contributed by atoms with Crippen LogP contribution in [0, 0.1) is 22.6 Å². The van der Waals surface area contributed by atoms with Crippen LogP contribution in [0.25, 0.3) is 10.9 Å². The molecule has 10 heteroatoms. The molecule has 0 unspecified atom stereocenters. The van der Waals surface area contributed by atoms with Gasteiger partial charge in [-0.15, -0.1) is 16.7 Å². The van der Waals surface area contributed by atoms with E-state index in [1.165, 1.54) is 18.3 Å². The highest BCUT2D eigenvalue weighted by Crippen LogP contribution is 2.37. The van der Waals surface area contributed by atoms with E-state index in [4.69, 9.17) is 23.2 Å². The van der Waals surface area contributed by atoms with Gasteiger partial charge < -0.3 is 10.6 Å². The molecule has 4 aromatic rings. The van der Waals surface area contributed by atoms with E-state index in [9.17, 15) is 11.0 Å². The van der Waals surface area contributed by atoms with Gasteiger partial charge in [0.2, 0.25) is 0 Å². The molecule has 37 heavy (non-hydrogen) atoms. The number of fused-ring (bicyclic) bond motifs is 1. The molecule has 1 saturated carbocycles. The minimum absolute atomic E-state index is 0.226. The van der Waals surface area contributed by atoms with Gasteiger partial charge >= 0.3 is 0 Å². The lowest BCUT2D eigenvalue weighted by Crippen LogP contribution is -2.25. The Hall–Kier alpha value is -3.41. The molecule has 2 aromatic heterocycles. The third kappa shape index (κ3) is 5.48. The van der Waals surface area contributed by atoms with Crippen LogP contribution in [0.1, 0.15) is 56.9 Å². The summed E-state index contributed by atoms with van der Waals surface area (Å²) >= 11 is 12.8. The van der Waals surface area contributed by atoms with Gasteiger partial charge in [-0.25, -0.2) is 9.07 Å². The summed E-state index contributed by atoms with van der Waals surface area (Å²) in [5.41, 5.74) is 2.56. The smallest absolute Gasteiger partial charge is 0.123 e. The lowest BCUT2D eigenvalue weighted by molar-refractivity contribution is 0.450. The number of halogens is 3. The van der Waals surface area contributed by atoms with Crippen molar-refractivity contribution in [2.75, 3.05) is 23.1 Å². The van der Waals surface area contributed by atoms with Crippen LogP contribution in [0.3, 0.4) is 0 Å². The minimum atomic E-state index is -1.60. The summed E-state index contributed by atoms with van der Waals surface area (Å²) < 4.78 is 25.0. The number of rotatable bonds is 9. The van der Waals surface area contributed by atoms with Gasteiger partial charge in [0.05, 0.1) is 41.4 Å². The van der Waals surface area contributed by atoms with E-state index in [1.807, 2.05) is 13.8 Å². The van der Waals surface area contributed by atoms with Gasteiger partial charge in [-0.2, -0.15) is 5.26 Å². The Balaban J connectivity index is 1.61. The predicted octanol–water partition coefficient (Wildman–Crippen LogP) is 6.70. The summed E-state index contributed by atoms with van der Waals surface area (Å²) in [7, 11) is 0. The summed E-state index contributed by atoms with van der Waals surface area (Å²) in [6.45, 7) is 4.56. The average molecular weight is 539 g/mol. The van der Waals surface area contributed by atoms with Crippen LogP contribution in [0.15, 0.2) is 48.8 Å². The molecule has 1 aliphatic carbocycles. The quantitative estimate of drug-likeness (QED) is 0.230. The summed E-state index contributed by atoms with van der Waals surface area (Å²) in [6, 6.07) is 10.0. The molecule has 2 N–H and O–H groups in total. The fourth-order valence-electron chi connectivity index (χ4n) is 3.94. The van der Waals surface area contributed by atoms with Gasteiger partial charge in [0.25, 0.3) is 0 Å². The van der Waals surface area contributed by atoms with Crippen LogP contribution < -0.4 is 10.6 Å². The zero-order valence-corrected chi connectivity index (χ0v) is 21.9. The van der Waals surface area contributed by atoms with Crippen molar-refractivity contribution in [2.24, 2.45) is 5.41 Å². The van der Waals surface area contributed by atoms with E-state index < -0.39 is 11.8 Å². The molecule has 0 bridgehead atoms. The molecule has 0 spiro atoms. The minimum Gasteiger partial charge on any atom is -0.383 e. The first-order valence-corrected chi connectivity index (χ1v) is 12.8. The first-order chi connectivity index (χ1) is 18.1. The van der Waals surface area contributed by atoms with Gasteiger partial charge in [-0.1, -0.05) is 42.8 Å². The monoisotopic (exact) mass is 538 g/mol. The van der Waals surface area contributed by atoms with Crippen molar-refractivity contribution in [2.45, 2.75) is 38.7 Å². The van der Waals surface area contributed by atoms with E-state index in [0.717, 1.165) is 12.8 Å². The number of hydrogen-bond donors (Lipinski definition) is 2. The maximum absolute atomic E-state index is 13.8. The highest BCUT2D eigenvalue weighted by atomic mass is 35.5. The number of pyridine rings is 1. The van der Waals surface area contributed by atoms with Crippen molar-refractivity contribution in [3.05, 3.63) is 76.5 Å². The van der Waals surface area contributed by atoms with Crippen LogP contribution in [0.5, 0.6) is 0 Å². The van der Waals surface area contributed by atoms with E-state index in [0.29, 0.717) is 56.5 Å². The zero-order valence-electron chi connectivity index (χ0n) is 21.4. The van der Waals surface area contributed by atoms with Gasteiger partial charge in [0, 0.05) is 29.7 Å². The molecule has 0 saturated heterocycles. The topological polar surface area (TPSA) is 91.5 Å². The fourth-order valence-corrected chi connectivity index (χ4v) is 4.30. The van der Waals surface area contributed by atoms with Gasteiger partial charge in [-0.3, -0.25) is 4.98 Å². The Morgan fingerprint density at radius 3 is 2.73 bits per heavy atom. The maximum atomic E-state index is 13.8. The third-order valence-electron chi connectivity index (χ3n) is 6.24. The number of nitriles is 1. The van der Waals surface area contributed by atoms with Crippen LogP contribution in [-0.2, 0) is 0 Å². The molecule has 2 heterocycles. The van der Waals surface area contributed by atoms with Gasteiger partial charge in [0.1, 0.15) is 17.6 Å². The number of benzene rings is 2. The second kappa shape index (κ2) is 10.2. The molecule has 0 amide bonds. The first-order valence-electron chi connectivity index (χ1n) is 12.4. The Kier molecular flexibility index (Phi) is 6.58. The molecular formula is C27H26Cl2FN7. The zero-order chi connectivity index (χ0) is 27.1. The molecule has 1 fully saturated rings. The molecule has 1 atom stereocenters. The van der Waals surface area contributed by atoms with Crippen molar-refractivity contribution < 1.29 is 5.76 Å². The molecule has 0 radical (unpaired) electrons. The second-order valence-corrected chi connectivity index (χ2v) is 10.7.